The van der Waals surface area contributed by atoms with Crippen LogP contribution < -0.4 is 10.2 Å². The zero-order chi connectivity index (χ0) is 12.4. The Bertz CT molecular complexity index is 396. The first-order valence-corrected chi connectivity index (χ1v) is 7.39. The van der Waals surface area contributed by atoms with E-state index in [1.54, 1.807) is 5.56 Å². The molecular weight excluding hydrogens is 220 g/mol. The van der Waals surface area contributed by atoms with E-state index >= 15 is 0 Å². The molecule has 0 aliphatic carbocycles. The van der Waals surface area contributed by atoms with Crippen molar-refractivity contribution in [3.05, 3.63) is 29.8 Å². The Morgan fingerprint density at radius 1 is 1.28 bits per heavy atom. The molecule has 1 N–H and O–H groups in total. The molecule has 2 nitrogen and oxygen atoms in total. The minimum absolute atomic E-state index is 0.727. The van der Waals surface area contributed by atoms with Gasteiger partial charge in [-0.25, -0.2) is 0 Å². The number of nitrogens with zero attached hydrogens (tertiary/aromatic N) is 1. The van der Waals surface area contributed by atoms with Gasteiger partial charge in [0, 0.05) is 18.8 Å². The van der Waals surface area contributed by atoms with Crippen molar-refractivity contribution in [1.82, 2.24) is 5.32 Å². The van der Waals surface area contributed by atoms with Crippen molar-refractivity contribution < 1.29 is 0 Å². The normalized spacial score (nSPS) is 27.3. The lowest BCUT2D eigenvalue weighted by Gasteiger charge is -2.35. The van der Waals surface area contributed by atoms with Gasteiger partial charge in [0.25, 0.3) is 0 Å². The molecule has 1 fully saturated rings. The molecule has 0 amide bonds. The van der Waals surface area contributed by atoms with Crippen LogP contribution >= 0.6 is 0 Å². The fourth-order valence-electron chi connectivity index (χ4n) is 3.35. The number of hydrogen-bond acceptors (Lipinski definition) is 2. The van der Waals surface area contributed by atoms with Crippen molar-refractivity contribution in [1.29, 1.82) is 0 Å². The van der Waals surface area contributed by atoms with Crippen molar-refractivity contribution in [3.8, 4) is 0 Å². The Morgan fingerprint density at radius 2 is 2.17 bits per heavy atom. The molecule has 2 heterocycles. The third-order valence-electron chi connectivity index (χ3n) is 4.61. The van der Waals surface area contributed by atoms with Crippen LogP contribution in [0.3, 0.4) is 0 Å². The maximum atomic E-state index is 3.47. The Kier molecular flexibility index (Phi) is 3.55. The smallest absolute Gasteiger partial charge is 0.0401 e. The Labute approximate surface area is 110 Å². The first kappa shape index (κ1) is 12.0. The quantitative estimate of drug-likeness (QED) is 0.879. The predicted octanol–water partition coefficient (Wildman–Crippen LogP) is 3.00. The second-order valence-electron chi connectivity index (χ2n) is 5.88. The van der Waals surface area contributed by atoms with Crippen LogP contribution in [0.4, 0.5) is 5.69 Å². The van der Waals surface area contributed by atoms with Crippen LogP contribution in [-0.2, 0) is 0 Å². The number of hydrogen-bond donors (Lipinski definition) is 1. The summed E-state index contributed by atoms with van der Waals surface area (Å²) in [7, 11) is 0. The van der Waals surface area contributed by atoms with Gasteiger partial charge >= 0.3 is 0 Å². The third-order valence-corrected chi connectivity index (χ3v) is 4.61. The first-order chi connectivity index (χ1) is 8.84. The first-order valence-electron chi connectivity index (χ1n) is 7.39. The molecule has 18 heavy (non-hydrogen) atoms. The lowest BCUT2D eigenvalue weighted by molar-refractivity contribution is 0.510. The number of nitrogens with one attached hydrogen (secondary N) is 1. The second-order valence-corrected chi connectivity index (χ2v) is 5.88. The van der Waals surface area contributed by atoms with E-state index in [0.717, 1.165) is 11.8 Å². The molecule has 0 spiro atoms. The maximum absolute atomic E-state index is 3.47. The maximum Gasteiger partial charge on any atom is 0.0401 e. The topological polar surface area (TPSA) is 15.3 Å². The van der Waals surface area contributed by atoms with Crippen molar-refractivity contribution in [2.45, 2.75) is 32.1 Å². The van der Waals surface area contributed by atoms with Gasteiger partial charge in [0.05, 0.1) is 0 Å². The monoisotopic (exact) mass is 244 g/mol. The van der Waals surface area contributed by atoms with E-state index in [4.69, 9.17) is 0 Å². The van der Waals surface area contributed by atoms with Crippen molar-refractivity contribution in [2.24, 2.45) is 5.92 Å². The van der Waals surface area contributed by atoms with Crippen molar-refractivity contribution in [3.63, 3.8) is 0 Å². The minimum atomic E-state index is 0.727. The van der Waals surface area contributed by atoms with E-state index in [1.807, 2.05) is 0 Å². The molecule has 1 saturated heterocycles. The summed E-state index contributed by atoms with van der Waals surface area (Å²) in [6.45, 7) is 7.27. The largest absolute Gasteiger partial charge is 0.371 e. The molecule has 2 unspecified atom stereocenters. The van der Waals surface area contributed by atoms with E-state index < -0.39 is 0 Å². The average molecular weight is 244 g/mol. The molecule has 2 aliphatic rings. The van der Waals surface area contributed by atoms with Crippen molar-refractivity contribution >= 4 is 5.69 Å². The number of rotatable bonds is 3. The summed E-state index contributed by atoms with van der Waals surface area (Å²) in [5.41, 5.74) is 3.04. The fourth-order valence-corrected chi connectivity index (χ4v) is 3.35. The highest BCUT2D eigenvalue weighted by atomic mass is 15.1. The van der Waals surface area contributed by atoms with Crippen molar-refractivity contribution in [2.75, 3.05) is 31.1 Å². The second kappa shape index (κ2) is 5.31. The summed E-state index contributed by atoms with van der Waals surface area (Å²) in [5, 5.41) is 3.47. The van der Waals surface area contributed by atoms with Gasteiger partial charge in [-0.2, -0.15) is 0 Å². The molecule has 2 aliphatic heterocycles. The zero-order valence-corrected chi connectivity index (χ0v) is 11.4. The standard InChI is InChI=1S/C16H24N2/c1-13-7-10-18(11-8-14-6-9-17-12-14)16-5-3-2-4-15(13)16/h2-5,13-14,17H,6-12H2,1H3. The molecule has 0 bridgehead atoms. The molecule has 0 aromatic heterocycles. The predicted molar refractivity (Wildman–Crippen MR) is 77.3 cm³/mol. The number of para-hydroxylation sites is 1. The molecule has 0 saturated carbocycles. The van der Waals surface area contributed by atoms with Gasteiger partial charge < -0.3 is 10.2 Å². The zero-order valence-electron chi connectivity index (χ0n) is 11.4. The Morgan fingerprint density at radius 3 is 3.00 bits per heavy atom. The highest BCUT2D eigenvalue weighted by molar-refractivity contribution is 5.56. The molecule has 2 heteroatoms. The fraction of sp³-hybridized carbons (Fsp3) is 0.625. The highest BCUT2D eigenvalue weighted by Gasteiger charge is 2.22. The number of anilines is 1. The summed E-state index contributed by atoms with van der Waals surface area (Å²) in [6.07, 6.45) is 4.02. The van der Waals surface area contributed by atoms with Crippen LogP contribution in [0.1, 0.15) is 37.7 Å². The number of fused-ring (bicyclic) bond motifs is 1. The van der Waals surface area contributed by atoms with E-state index in [2.05, 4.69) is 41.4 Å². The summed E-state index contributed by atoms with van der Waals surface area (Å²) >= 11 is 0. The van der Waals surface area contributed by atoms with E-state index in [1.165, 1.54) is 51.1 Å². The third kappa shape index (κ3) is 2.39. The van der Waals surface area contributed by atoms with Gasteiger partial charge in [-0.3, -0.25) is 0 Å². The molecule has 98 valence electrons. The molecule has 1 aromatic rings. The Hall–Kier alpha value is -1.02. The lowest BCUT2D eigenvalue weighted by atomic mass is 9.91. The minimum Gasteiger partial charge on any atom is -0.371 e. The SMILES string of the molecule is CC1CCN(CCC2CCNC2)c2ccccc21. The molecule has 2 atom stereocenters. The molecule has 0 radical (unpaired) electrons. The summed E-state index contributed by atoms with van der Waals surface area (Å²) in [4.78, 5) is 2.60. The van der Waals surface area contributed by atoms with Crippen LogP contribution in [0.15, 0.2) is 24.3 Å². The van der Waals surface area contributed by atoms with Gasteiger partial charge in [-0.05, 0) is 55.8 Å². The summed E-state index contributed by atoms with van der Waals surface area (Å²) < 4.78 is 0. The molecular formula is C16H24N2. The highest BCUT2D eigenvalue weighted by Crippen LogP contribution is 2.34. The summed E-state index contributed by atoms with van der Waals surface area (Å²) in [6, 6.07) is 8.97. The van der Waals surface area contributed by atoms with Gasteiger partial charge in [0.15, 0.2) is 0 Å². The van der Waals surface area contributed by atoms with Crippen LogP contribution in [0.25, 0.3) is 0 Å². The van der Waals surface area contributed by atoms with E-state index in [0.29, 0.717) is 0 Å². The van der Waals surface area contributed by atoms with Crippen LogP contribution in [0, 0.1) is 5.92 Å². The summed E-state index contributed by atoms with van der Waals surface area (Å²) in [5.74, 6) is 1.63. The van der Waals surface area contributed by atoms with Gasteiger partial charge in [0.1, 0.15) is 0 Å². The van der Waals surface area contributed by atoms with Crippen LogP contribution in [0.5, 0.6) is 0 Å². The van der Waals surface area contributed by atoms with Gasteiger partial charge in [-0.15, -0.1) is 0 Å². The van der Waals surface area contributed by atoms with Crippen LogP contribution in [-0.4, -0.2) is 26.2 Å². The van der Waals surface area contributed by atoms with Crippen LogP contribution in [0.2, 0.25) is 0 Å². The van der Waals surface area contributed by atoms with Gasteiger partial charge in [-0.1, -0.05) is 25.1 Å². The lowest BCUT2D eigenvalue weighted by Crippen LogP contribution is -2.32. The molecule has 3 rings (SSSR count). The van der Waals surface area contributed by atoms with E-state index in [-0.39, 0.29) is 0 Å². The molecule has 1 aromatic carbocycles. The number of benzene rings is 1. The van der Waals surface area contributed by atoms with Gasteiger partial charge in [0.2, 0.25) is 0 Å². The average Bonchev–Trinajstić information content (AvgIpc) is 2.92. The van der Waals surface area contributed by atoms with E-state index in [9.17, 15) is 0 Å². The Balaban J connectivity index is 1.68.